The molecule has 1 fully saturated rings. The smallest absolute Gasteiger partial charge is 0.306 e. The summed E-state index contributed by atoms with van der Waals surface area (Å²) >= 11 is 0. The highest BCUT2D eigenvalue weighted by Crippen LogP contribution is 2.18. The fourth-order valence-corrected chi connectivity index (χ4v) is 2.69. The van der Waals surface area contributed by atoms with Gasteiger partial charge in [0.2, 0.25) is 0 Å². The Bertz CT molecular complexity index is 553. The molecule has 0 saturated carbocycles. The quantitative estimate of drug-likeness (QED) is 0.889. The van der Waals surface area contributed by atoms with E-state index in [4.69, 9.17) is 9.84 Å². The summed E-state index contributed by atoms with van der Waals surface area (Å²) in [6.45, 7) is 7.54. The zero-order chi connectivity index (χ0) is 15.6. The number of ether oxygens (including phenoxy) is 1. The Morgan fingerprint density at radius 3 is 2.71 bits per heavy atom. The summed E-state index contributed by atoms with van der Waals surface area (Å²) < 4.78 is 7.20. The Morgan fingerprint density at radius 2 is 2.14 bits per heavy atom. The average Bonchev–Trinajstić information content (AvgIpc) is 2.72. The molecule has 1 aliphatic heterocycles. The second kappa shape index (κ2) is 6.26. The first-order chi connectivity index (χ1) is 9.93. The number of hydrogen-bond donors (Lipinski definition) is 1. The molecule has 0 radical (unpaired) electrons. The van der Waals surface area contributed by atoms with Crippen molar-refractivity contribution in [2.75, 3.05) is 19.7 Å². The van der Waals surface area contributed by atoms with Gasteiger partial charge in [0.25, 0.3) is 5.91 Å². The van der Waals surface area contributed by atoms with Crippen LogP contribution in [0.4, 0.5) is 0 Å². The van der Waals surface area contributed by atoms with E-state index < -0.39 is 12.1 Å². The first kappa shape index (κ1) is 15.5. The zero-order valence-electron chi connectivity index (χ0n) is 12.6. The van der Waals surface area contributed by atoms with Crippen molar-refractivity contribution in [2.24, 2.45) is 0 Å². The van der Waals surface area contributed by atoms with Gasteiger partial charge >= 0.3 is 5.97 Å². The van der Waals surface area contributed by atoms with Crippen molar-refractivity contribution in [3.8, 4) is 0 Å². The van der Waals surface area contributed by atoms with Gasteiger partial charge in [-0.3, -0.25) is 14.3 Å². The summed E-state index contributed by atoms with van der Waals surface area (Å²) in [5.41, 5.74) is 2.18. The second-order valence-electron chi connectivity index (χ2n) is 5.20. The molecule has 1 unspecified atom stereocenters. The number of aromatic nitrogens is 2. The highest BCUT2D eigenvalue weighted by atomic mass is 16.5. The predicted octanol–water partition coefficient (Wildman–Crippen LogP) is 0.836. The lowest BCUT2D eigenvalue weighted by atomic mass is 10.1. The first-order valence-electron chi connectivity index (χ1n) is 7.10. The number of carboxylic acids is 1. The second-order valence-corrected chi connectivity index (χ2v) is 5.20. The Kier molecular flexibility index (Phi) is 4.62. The minimum Gasteiger partial charge on any atom is -0.481 e. The maximum Gasteiger partial charge on any atom is 0.306 e. The lowest BCUT2D eigenvalue weighted by Gasteiger charge is -2.32. The average molecular weight is 295 g/mol. The van der Waals surface area contributed by atoms with Crippen LogP contribution in [0.2, 0.25) is 0 Å². The van der Waals surface area contributed by atoms with E-state index in [1.54, 1.807) is 9.58 Å². The SMILES string of the molecule is CCn1nc(C)c(C(=O)N2CCOC(CC(=O)O)C2)c1C. The molecular weight excluding hydrogens is 274 g/mol. The molecule has 1 aromatic rings. The number of amides is 1. The molecule has 1 aliphatic rings. The molecule has 2 heterocycles. The lowest BCUT2D eigenvalue weighted by molar-refractivity contribution is -0.141. The van der Waals surface area contributed by atoms with E-state index in [2.05, 4.69) is 5.10 Å². The van der Waals surface area contributed by atoms with Crippen molar-refractivity contribution >= 4 is 11.9 Å². The van der Waals surface area contributed by atoms with Crippen molar-refractivity contribution in [1.29, 1.82) is 0 Å². The molecule has 1 atom stereocenters. The van der Waals surface area contributed by atoms with Gasteiger partial charge in [0.1, 0.15) is 0 Å². The summed E-state index contributed by atoms with van der Waals surface area (Å²) in [4.78, 5) is 25.1. The molecule has 2 rings (SSSR count). The van der Waals surface area contributed by atoms with Crippen LogP contribution in [-0.4, -0.2) is 57.5 Å². The largest absolute Gasteiger partial charge is 0.481 e. The molecule has 0 aliphatic carbocycles. The molecule has 116 valence electrons. The number of hydrogen-bond acceptors (Lipinski definition) is 4. The van der Waals surface area contributed by atoms with Crippen LogP contribution in [0.15, 0.2) is 0 Å². The number of nitrogens with zero attached hydrogens (tertiary/aromatic N) is 3. The first-order valence-corrected chi connectivity index (χ1v) is 7.10. The van der Waals surface area contributed by atoms with E-state index >= 15 is 0 Å². The fraction of sp³-hybridized carbons (Fsp3) is 0.643. The molecule has 1 N–H and O–H groups in total. The third kappa shape index (κ3) is 3.24. The van der Waals surface area contributed by atoms with Crippen LogP contribution in [0.1, 0.15) is 35.1 Å². The number of carbonyl (C=O) groups is 2. The minimum atomic E-state index is -0.916. The monoisotopic (exact) mass is 295 g/mol. The van der Waals surface area contributed by atoms with Crippen LogP contribution in [0.25, 0.3) is 0 Å². The van der Waals surface area contributed by atoms with E-state index in [-0.39, 0.29) is 12.3 Å². The molecule has 7 nitrogen and oxygen atoms in total. The summed E-state index contributed by atoms with van der Waals surface area (Å²) in [6.07, 6.45) is -0.530. The van der Waals surface area contributed by atoms with Crippen molar-refractivity contribution in [3.63, 3.8) is 0 Å². The van der Waals surface area contributed by atoms with E-state index in [1.165, 1.54) is 0 Å². The van der Waals surface area contributed by atoms with Crippen LogP contribution in [0.3, 0.4) is 0 Å². The number of rotatable bonds is 4. The third-order valence-electron chi connectivity index (χ3n) is 3.72. The predicted molar refractivity (Wildman–Crippen MR) is 75.3 cm³/mol. The van der Waals surface area contributed by atoms with Crippen LogP contribution in [-0.2, 0) is 16.1 Å². The molecule has 1 aromatic heterocycles. The number of aryl methyl sites for hydroxylation is 2. The van der Waals surface area contributed by atoms with Gasteiger partial charge in [-0.05, 0) is 20.8 Å². The van der Waals surface area contributed by atoms with Crippen molar-refractivity contribution in [2.45, 2.75) is 39.8 Å². The third-order valence-corrected chi connectivity index (χ3v) is 3.72. The maximum atomic E-state index is 12.7. The summed E-state index contributed by atoms with van der Waals surface area (Å²) in [7, 11) is 0. The van der Waals surface area contributed by atoms with Crippen molar-refractivity contribution in [1.82, 2.24) is 14.7 Å². The van der Waals surface area contributed by atoms with Gasteiger partial charge in [0.05, 0.1) is 30.4 Å². The minimum absolute atomic E-state index is 0.0873. The molecule has 0 bridgehead atoms. The highest BCUT2D eigenvalue weighted by Gasteiger charge is 2.29. The van der Waals surface area contributed by atoms with E-state index in [9.17, 15) is 9.59 Å². The number of morpholine rings is 1. The van der Waals surface area contributed by atoms with Gasteiger partial charge in [0, 0.05) is 25.3 Å². The number of aliphatic carboxylic acids is 1. The fourth-order valence-electron chi connectivity index (χ4n) is 2.69. The molecule has 1 saturated heterocycles. The molecule has 0 aromatic carbocycles. The lowest BCUT2D eigenvalue weighted by Crippen LogP contribution is -2.46. The van der Waals surface area contributed by atoms with Gasteiger partial charge in [-0.15, -0.1) is 0 Å². The van der Waals surface area contributed by atoms with E-state index in [0.717, 1.165) is 5.69 Å². The van der Waals surface area contributed by atoms with E-state index in [0.29, 0.717) is 37.5 Å². The van der Waals surface area contributed by atoms with Crippen LogP contribution >= 0.6 is 0 Å². The summed E-state index contributed by atoms with van der Waals surface area (Å²) in [5, 5.41) is 13.2. The Labute approximate surface area is 123 Å². The van der Waals surface area contributed by atoms with Crippen LogP contribution in [0.5, 0.6) is 0 Å². The normalized spacial score (nSPS) is 18.8. The topological polar surface area (TPSA) is 84.7 Å². The molecule has 1 amide bonds. The molecule has 0 spiro atoms. The Balaban J connectivity index is 2.16. The van der Waals surface area contributed by atoms with Gasteiger partial charge in [0.15, 0.2) is 0 Å². The van der Waals surface area contributed by atoms with Crippen LogP contribution in [0, 0.1) is 13.8 Å². The highest BCUT2D eigenvalue weighted by molar-refractivity contribution is 5.96. The van der Waals surface area contributed by atoms with Gasteiger partial charge < -0.3 is 14.7 Å². The maximum absolute atomic E-state index is 12.7. The number of carboxylic acid groups (broad SMARTS) is 1. The van der Waals surface area contributed by atoms with Gasteiger partial charge in [-0.1, -0.05) is 0 Å². The Hall–Kier alpha value is -1.89. The molecular formula is C14H21N3O4. The van der Waals surface area contributed by atoms with Crippen LogP contribution < -0.4 is 0 Å². The van der Waals surface area contributed by atoms with Gasteiger partial charge in [-0.25, -0.2) is 0 Å². The molecule has 21 heavy (non-hydrogen) atoms. The Morgan fingerprint density at radius 1 is 1.43 bits per heavy atom. The van der Waals surface area contributed by atoms with Crippen molar-refractivity contribution < 1.29 is 19.4 Å². The summed E-state index contributed by atoms with van der Waals surface area (Å²) in [6, 6.07) is 0. The summed E-state index contributed by atoms with van der Waals surface area (Å²) in [5.74, 6) is -1.01. The van der Waals surface area contributed by atoms with Gasteiger partial charge in [-0.2, -0.15) is 5.10 Å². The van der Waals surface area contributed by atoms with Crippen molar-refractivity contribution in [3.05, 3.63) is 17.0 Å². The zero-order valence-corrected chi connectivity index (χ0v) is 12.6. The molecule has 7 heteroatoms. The van der Waals surface area contributed by atoms with E-state index in [1.807, 2.05) is 20.8 Å². The number of carbonyl (C=O) groups excluding carboxylic acids is 1. The standard InChI is InChI=1S/C14H21N3O4/c1-4-17-10(3)13(9(2)15-17)14(20)16-5-6-21-11(8-16)7-12(18)19/h11H,4-8H2,1-3H3,(H,18,19).